The van der Waals surface area contributed by atoms with Crippen molar-refractivity contribution in [2.45, 2.75) is 10.1 Å². The molecule has 2 aromatic heterocycles. The van der Waals surface area contributed by atoms with Gasteiger partial charge in [0.05, 0.1) is 4.47 Å². The van der Waals surface area contributed by atoms with Crippen LogP contribution >= 0.6 is 39.3 Å². The minimum Gasteiger partial charge on any atom is -0.248 e. The summed E-state index contributed by atoms with van der Waals surface area (Å²) >= 11 is 11.0. The third kappa shape index (κ3) is 3.61. The number of rotatable bonds is 3. The number of benzene rings is 1. The largest absolute Gasteiger partial charge is 0.248 e. The van der Waals surface area contributed by atoms with Gasteiger partial charge in [0, 0.05) is 17.8 Å². The van der Waals surface area contributed by atoms with E-state index >= 15 is 0 Å². The quantitative estimate of drug-likeness (QED) is 0.594. The first-order chi connectivity index (χ1) is 10.2. The summed E-state index contributed by atoms with van der Waals surface area (Å²) in [6.07, 6.45) is 1.74. The summed E-state index contributed by atoms with van der Waals surface area (Å²) in [6.45, 7) is 0. The van der Waals surface area contributed by atoms with Gasteiger partial charge in [0.2, 0.25) is 0 Å². The summed E-state index contributed by atoms with van der Waals surface area (Å²) in [5.74, 6) is 0.609. The normalized spacial score (nSPS) is 10.6. The second-order valence-corrected chi connectivity index (χ2v) is 6.36. The second kappa shape index (κ2) is 6.56. The van der Waals surface area contributed by atoms with Gasteiger partial charge in [-0.1, -0.05) is 41.9 Å². The molecule has 104 valence electrons. The van der Waals surface area contributed by atoms with Crippen molar-refractivity contribution in [3.05, 3.63) is 64.4 Å². The highest BCUT2D eigenvalue weighted by atomic mass is 79.9. The first kappa shape index (κ1) is 14.5. The molecule has 0 amide bonds. The molecule has 3 aromatic rings. The molecule has 0 bridgehead atoms. The molecule has 21 heavy (non-hydrogen) atoms. The fraction of sp³-hybridized carbons (Fsp3) is 0. The van der Waals surface area contributed by atoms with Crippen LogP contribution in [-0.2, 0) is 0 Å². The number of hydrogen-bond donors (Lipinski definition) is 0. The molecule has 0 N–H and O–H groups in total. The molecule has 0 spiro atoms. The van der Waals surface area contributed by atoms with E-state index in [0.29, 0.717) is 11.0 Å². The Balaban J connectivity index is 1.97. The predicted molar refractivity (Wildman–Crippen MR) is 88.5 cm³/mol. The average Bonchev–Trinajstić information content (AvgIpc) is 2.50. The van der Waals surface area contributed by atoms with Crippen LogP contribution in [0.15, 0.2) is 69.3 Å². The van der Waals surface area contributed by atoms with Crippen molar-refractivity contribution in [1.82, 2.24) is 15.0 Å². The van der Waals surface area contributed by atoms with Gasteiger partial charge in [-0.3, -0.25) is 0 Å². The maximum absolute atomic E-state index is 6.11. The van der Waals surface area contributed by atoms with Gasteiger partial charge >= 0.3 is 0 Å². The van der Waals surface area contributed by atoms with Gasteiger partial charge < -0.3 is 0 Å². The van der Waals surface area contributed by atoms with Gasteiger partial charge in [0.15, 0.2) is 5.82 Å². The number of aromatic nitrogens is 3. The van der Waals surface area contributed by atoms with Gasteiger partial charge in [-0.25, -0.2) is 15.0 Å². The lowest BCUT2D eigenvalue weighted by Crippen LogP contribution is -1.92. The van der Waals surface area contributed by atoms with Crippen LogP contribution in [0.5, 0.6) is 0 Å². The van der Waals surface area contributed by atoms with Crippen molar-refractivity contribution in [1.29, 1.82) is 0 Å². The zero-order valence-corrected chi connectivity index (χ0v) is 13.9. The molecule has 3 nitrogen and oxygen atoms in total. The fourth-order valence-electron chi connectivity index (χ4n) is 1.71. The van der Waals surface area contributed by atoms with Crippen molar-refractivity contribution >= 4 is 39.3 Å². The lowest BCUT2D eigenvalue weighted by molar-refractivity contribution is 1.04. The fourth-order valence-corrected chi connectivity index (χ4v) is 3.24. The predicted octanol–water partition coefficient (Wildman–Crippen LogP) is 5.11. The van der Waals surface area contributed by atoms with Crippen LogP contribution in [0.3, 0.4) is 0 Å². The van der Waals surface area contributed by atoms with Crippen LogP contribution < -0.4 is 0 Å². The van der Waals surface area contributed by atoms with E-state index in [0.717, 1.165) is 20.1 Å². The highest BCUT2D eigenvalue weighted by Crippen LogP contribution is 2.32. The summed E-state index contributed by atoms with van der Waals surface area (Å²) in [7, 11) is 0. The summed E-state index contributed by atoms with van der Waals surface area (Å²) < 4.78 is 0.922. The second-order valence-electron chi connectivity index (χ2n) is 4.11. The molecule has 0 saturated heterocycles. The monoisotopic (exact) mass is 377 g/mol. The van der Waals surface area contributed by atoms with E-state index in [-0.39, 0.29) is 0 Å². The Labute approximate surface area is 139 Å². The van der Waals surface area contributed by atoms with E-state index < -0.39 is 0 Å². The zero-order valence-electron chi connectivity index (χ0n) is 10.7. The van der Waals surface area contributed by atoms with Crippen molar-refractivity contribution in [3.8, 4) is 11.4 Å². The molecule has 2 heterocycles. The molecule has 0 aliphatic carbocycles. The summed E-state index contributed by atoms with van der Waals surface area (Å²) in [4.78, 5) is 13.1. The van der Waals surface area contributed by atoms with E-state index in [2.05, 4.69) is 30.9 Å². The third-order valence-electron chi connectivity index (χ3n) is 2.63. The van der Waals surface area contributed by atoms with Crippen LogP contribution in [-0.4, -0.2) is 15.0 Å². The van der Waals surface area contributed by atoms with Crippen molar-refractivity contribution in [3.63, 3.8) is 0 Å². The SMILES string of the molecule is Clc1cc(Sc2ncccc2Br)nc(-c2ccccc2)n1. The molecular weight excluding hydrogens is 370 g/mol. The number of pyridine rings is 1. The lowest BCUT2D eigenvalue weighted by atomic mass is 10.2. The van der Waals surface area contributed by atoms with Gasteiger partial charge in [0.1, 0.15) is 15.2 Å². The van der Waals surface area contributed by atoms with Gasteiger partial charge in [-0.2, -0.15) is 0 Å². The van der Waals surface area contributed by atoms with Gasteiger partial charge in [-0.15, -0.1) is 0 Å². The number of nitrogens with zero attached hydrogens (tertiary/aromatic N) is 3. The van der Waals surface area contributed by atoms with Crippen molar-refractivity contribution < 1.29 is 0 Å². The van der Waals surface area contributed by atoms with Gasteiger partial charge in [-0.05, 0) is 39.8 Å². The minimum absolute atomic E-state index is 0.415. The number of hydrogen-bond acceptors (Lipinski definition) is 4. The maximum atomic E-state index is 6.11. The lowest BCUT2D eigenvalue weighted by Gasteiger charge is -2.05. The molecule has 6 heteroatoms. The van der Waals surface area contributed by atoms with E-state index in [1.165, 1.54) is 11.8 Å². The van der Waals surface area contributed by atoms with Crippen LogP contribution in [0.4, 0.5) is 0 Å². The molecule has 3 rings (SSSR count). The molecule has 0 radical (unpaired) electrons. The average molecular weight is 379 g/mol. The molecule has 0 aliphatic rings. The molecule has 0 atom stereocenters. The van der Waals surface area contributed by atoms with Crippen molar-refractivity contribution in [2.24, 2.45) is 0 Å². The van der Waals surface area contributed by atoms with E-state index in [4.69, 9.17) is 11.6 Å². The van der Waals surface area contributed by atoms with Crippen LogP contribution in [0.2, 0.25) is 5.15 Å². The van der Waals surface area contributed by atoms with Crippen LogP contribution in [0.25, 0.3) is 11.4 Å². The summed E-state index contributed by atoms with van der Waals surface area (Å²) in [6, 6.07) is 15.3. The highest BCUT2D eigenvalue weighted by molar-refractivity contribution is 9.10. The molecule has 0 unspecified atom stereocenters. The number of halogens is 2. The minimum atomic E-state index is 0.415. The van der Waals surface area contributed by atoms with E-state index in [1.54, 1.807) is 12.3 Å². The first-order valence-corrected chi connectivity index (χ1v) is 8.09. The third-order valence-corrected chi connectivity index (χ3v) is 4.66. The Bertz CT molecular complexity index is 768. The molecule has 0 fully saturated rings. The first-order valence-electron chi connectivity index (χ1n) is 6.11. The maximum Gasteiger partial charge on any atom is 0.162 e. The van der Waals surface area contributed by atoms with Crippen molar-refractivity contribution in [2.75, 3.05) is 0 Å². The Kier molecular flexibility index (Phi) is 4.53. The van der Waals surface area contributed by atoms with Crippen LogP contribution in [0.1, 0.15) is 0 Å². The Morgan fingerprint density at radius 1 is 1.00 bits per heavy atom. The smallest absolute Gasteiger partial charge is 0.162 e. The van der Waals surface area contributed by atoms with E-state index in [9.17, 15) is 0 Å². The summed E-state index contributed by atoms with van der Waals surface area (Å²) in [5.41, 5.74) is 0.932. The zero-order chi connectivity index (χ0) is 14.7. The molecule has 0 aliphatic heterocycles. The highest BCUT2D eigenvalue weighted by Gasteiger charge is 2.09. The topological polar surface area (TPSA) is 38.7 Å². The van der Waals surface area contributed by atoms with Gasteiger partial charge in [0.25, 0.3) is 0 Å². The molecule has 0 saturated carbocycles. The van der Waals surface area contributed by atoms with E-state index in [1.807, 2.05) is 42.5 Å². The Hall–Kier alpha value is -1.43. The Morgan fingerprint density at radius 2 is 1.81 bits per heavy atom. The van der Waals surface area contributed by atoms with Crippen LogP contribution in [0, 0.1) is 0 Å². The molecular formula is C15H9BrClN3S. The standard InChI is InChI=1S/C15H9BrClN3S/c16-11-7-4-8-18-15(11)21-13-9-12(17)19-14(20-13)10-5-2-1-3-6-10/h1-9H. The Morgan fingerprint density at radius 3 is 2.57 bits per heavy atom. The summed E-state index contributed by atoms with van der Waals surface area (Å²) in [5, 5.41) is 2.01. The molecule has 1 aromatic carbocycles.